The van der Waals surface area contributed by atoms with Gasteiger partial charge < -0.3 is 10.1 Å². The maximum Gasteiger partial charge on any atom is 0.258 e. The van der Waals surface area contributed by atoms with E-state index < -0.39 is 23.6 Å². The molecule has 3 nitrogen and oxygen atoms in total. The smallest absolute Gasteiger partial charge is 0.258 e. The van der Waals surface area contributed by atoms with Gasteiger partial charge in [-0.25, -0.2) is 8.78 Å². The SMILES string of the molecule is COC(C(=O)Nc1cc(F)c(Br)cc1F)c1ccccc1. The maximum atomic E-state index is 13.7. The van der Waals surface area contributed by atoms with Gasteiger partial charge in [-0.3, -0.25) is 4.79 Å². The molecule has 0 saturated carbocycles. The number of halogens is 3. The first-order valence-corrected chi connectivity index (χ1v) is 6.85. The largest absolute Gasteiger partial charge is 0.367 e. The van der Waals surface area contributed by atoms with E-state index in [0.717, 1.165) is 12.1 Å². The lowest BCUT2D eigenvalue weighted by molar-refractivity contribution is -0.126. The summed E-state index contributed by atoms with van der Waals surface area (Å²) in [7, 11) is 1.37. The number of carbonyl (C=O) groups is 1. The Kier molecular flexibility index (Phi) is 5.03. The Morgan fingerprint density at radius 1 is 1.19 bits per heavy atom. The Hall–Kier alpha value is -1.79. The molecule has 0 spiro atoms. The molecule has 0 saturated heterocycles. The van der Waals surface area contributed by atoms with Crippen LogP contribution < -0.4 is 5.32 Å². The van der Waals surface area contributed by atoms with Gasteiger partial charge in [-0.15, -0.1) is 0 Å². The van der Waals surface area contributed by atoms with Gasteiger partial charge in [0, 0.05) is 13.2 Å². The van der Waals surface area contributed by atoms with Crippen molar-refractivity contribution < 1.29 is 18.3 Å². The zero-order valence-corrected chi connectivity index (χ0v) is 12.7. The number of rotatable bonds is 4. The molecule has 110 valence electrons. The molecule has 0 radical (unpaired) electrons. The fraction of sp³-hybridized carbons (Fsp3) is 0.133. The van der Waals surface area contributed by atoms with Gasteiger partial charge in [0.05, 0.1) is 10.2 Å². The van der Waals surface area contributed by atoms with Crippen LogP contribution in [0.5, 0.6) is 0 Å². The molecule has 0 aromatic heterocycles. The summed E-state index contributed by atoms with van der Waals surface area (Å²) in [4.78, 5) is 12.2. The van der Waals surface area contributed by atoms with E-state index in [1.54, 1.807) is 30.3 Å². The average molecular weight is 356 g/mol. The number of methoxy groups -OCH3 is 1. The predicted octanol–water partition coefficient (Wildman–Crippen LogP) is 4.05. The minimum atomic E-state index is -0.905. The van der Waals surface area contributed by atoms with Crippen LogP contribution in [0.3, 0.4) is 0 Å². The van der Waals surface area contributed by atoms with Crippen molar-refractivity contribution in [3.63, 3.8) is 0 Å². The lowest BCUT2D eigenvalue weighted by Gasteiger charge is -2.16. The Bertz CT molecular complexity index is 650. The second kappa shape index (κ2) is 6.78. The Balaban J connectivity index is 2.23. The highest BCUT2D eigenvalue weighted by atomic mass is 79.9. The first-order chi connectivity index (χ1) is 10.0. The standard InChI is InChI=1S/C15H12BrF2NO2/c1-21-14(9-5-3-2-4-6-9)15(20)19-13-8-11(17)10(16)7-12(13)18/h2-8,14H,1H3,(H,19,20). The van der Waals surface area contributed by atoms with E-state index in [1.165, 1.54) is 7.11 Å². The van der Waals surface area contributed by atoms with Gasteiger partial charge in [-0.1, -0.05) is 30.3 Å². The topological polar surface area (TPSA) is 38.3 Å². The first kappa shape index (κ1) is 15.6. The third-order valence-electron chi connectivity index (χ3n) is 2.84. The molecule has 1 N–H and O–H groups in total. The van der Waals surface area contributed by atoms with Crippen molar-refractivity contribution in [2.24, 2.45) is 0 Å². The third-order valence-corrected chi connectivity index (χ3v) is 3.45. The van der Waals surface area contributed by atoms with Crippen molar-refractivity contribution in [2.45, 2.75) is 6.10 Å². The van der Waals surface area contributed by atoms with Gasteiger partial charge >= 0.3 is 0 Å². The maximum absolute atomic E-state index is 13.7. The lowest BCUT2D eigenvalue weighted by atomic mass is 10.1. The number of hydrogen-bond acceptors (Lipinski definition) is 2. The van der Waals surface area contributed by atoms with Gasteiger partial charge in [-0.2, -0.15) is 0 Å². The van der Waals surface area contributed by atoms with Crippen LogP contribution in [-0.4, -0.2) is 13.0 Å². The van der Waals surface area contributed by atoms with Crippen LogP contribution in [-0.2, 0) is 9.53 Å². The normalized spacial score (nSPS) is 12.0. The number of hydrogen-bond donors (Lipinski definition) is 1. The lowest BCUT2D eigenvalue weighted by Crippen LogP contribution is -2.23. The van der Waals surface area contributed by atoms with Crippen LogP contribution >= 0.6 is 15.9 Å². The van der Waals surface area contributed by atoms with E-state index in [0.29, 0.717) is 5.56 Å². The highest BCUT2D eigenvalue weighted by Crippen LogP contribution is 2.25. The van der Waals surface area contributed by atoms with E-state index in [4.69, 9.17) is 4.74 Å². The van der Waals surface area contributed by atoms with Crippen molar-refractivity contribution in [2.75, 3.05) is 12.4 Å². The van der Waals surface area contributed by atoms with Crippen LogP contribution in [0.25, 0.3) is 0 Å². The quantitative estimate of drug-likeness (QED) is 0.840. The Labute approximate surface area is 129 Å². The average Bonchev–Trinajstić information content (AvgIpc) is 2.46. The van der Waals surface area contributed by atoms with Crippen molar-refractivity contribution in [3.8, 4) is 0 Å². The molecule has 1 amide bonds. The minimum Gasteiger partial charge on any atom is -0.367 e. The second-order valence-electron chi connectivity index (χ2n) is 4.26. The summed E-state index contributed by atoms with van der Waals surface area (Å²) < 4.78 is 32.2. The summed E-state index contributed by atoms with van der Waals surface area (Å²) in [5.41, 5.74) is 0.383. The molecule has 2 aromatic rings. The molecule has 2 aromatic carbocycles. The molecule has 1 unspecified atom stereocenters. The first-order valence-electron chi connectivity index (χ1n) is 6.06. The Morgan fingerprint density at radius 2 is 1.86 bits per heavy atom. The molecule has 6 heteroatoms. The van der Waals surface area contributed by atoms with Crippen LogP contribution in [0.1, 0.15) is 11.7 Å². The van der Waals surface area contributed by atoms with Crippen molar-refractivity contribution in [1.82, 2.24) is 0 Å². The van der Waals surface area contributed by atoms with Gasteiger partial charge in [0.1, 0.15) is 11.6 Å². The number of anilines is 1. The summed E-state index contributed by atoms with van der Waals surface area (Å²) in [5, 5.41) is 2.33. The van der Waals surface area contributed by atoms with E-state index in [9.17, 15) is 13.6 Å². The molecule has 0 bridgehead atoms. The zero-order chi connectivity index (χ0) is 15.4. The molecular weight excluding hydrogens is 344 g/mol. The summed E-state index contributed by atoms with van der Waals surface area (Å²) in [6.07, 6.45) is -0.905. The van der Waals surface area contributed by atoms with Crippen molar-refractivity contribution in [1.29, 1.82) is 0 Å². The summed E-state index contributed by atoms with van der Waals surface area (Å²) in [6.45, 7) is 0. The van der Waals surface area contributed by atoms with Crippen LogP contribution in [0.15, 0.2) is 46.9 Å². The highest BCUT2D eigenvalue weighted by Gasteiger charge is 2.21. The molecule has 0 heterocycles. The van der Waals surface area contributed by atoms with Gasteiger partial charge in [-0.05, 0) is 27.6 Å². The number of amides is 1. The monoisotopic (exact) mass is 355 g/mol. The fourth-order valence-electron chi connectivity index (χ4n) is 1.84. The molecule has 0 aliphatic heterocycles. The summed E-state index contributed by atoms with van der Waals surface area (Å²) in [5.74, 6) is -1.98. The second-order valence-corrected chi connectivity index (χ2v) is 5.12. The van der Waals surface area contributed by atoms with Crippen LogP contribution in [0, 0.1) is 11.6 Å². The summed E-state index contributed by atoms with van der Waals surface area (Å²) >= 11 is 2.87. The molecule has 0 fully saturated rings. The molecule has 21 heavy (non-hydrogen) atoms. The summed E-state index contributed by atoms with van der Waals surface area (Å²) in [6, 6.07) is 10.6. The van der Waals surface area contributed by atoms with Crippen LogP contribution in [0.4, 0.5) is 14.5 Å². The third kappa shape index (κ3) is 3.65. The van der Waals surface area contributed by atoms with Crippen molar-refractivity contribution >= 4 is 27.5 Å². The Morgan fingerprint density at radius 3 is 2.48 bits per heavy atom. The number of carbonyl (C=O) groups excluding carboxylic acids is 1. The predicted molar refractivity (Wildman–Crippen MR) is 78.9 cm³/mol. The minimum absolute atomic E-state index is 0.00986. The van der Waals surface area contributed by atoms with E-state index >= 15 is 0 Å². The number of nitrogens with one attached hydrogen (secondary N) is 1. The fourth-order valence-corrected chi connectivity index (χ4v) is 2.15. The number of ether oxygens (including phenoxy) is 1. The number of benzene rings is 2. The van der Waals surface area contributed by atoms with E-state index in [2.05, 4.69) is 21.2 Å². The van der Waals surface area contributed by atoms with E-state index in [-0.39, 0.29) is 10.2 Å². The van der Waals surface area contributed by atoms with Gasteiger partial charge in [0.2, 0.25) is 0 Å². The molecule has 1 atom stereocenters. The van der Waals surface area contributed by atoms with Crippen molar-refractivity contribution in [3.05, 3.63) is 64.1 Å². The van der Waals surface area contributed by atoms with Gasteiger partial charge in [0.15, 0.2) is 6.10 Å². The molecular formula is C15H12BrF2NO2. The van der Waals surface area contributed by atoms with Gasteiger partial charge in [0.25, 0.3) is 5.91 Å². The molecule has 0 aliphatic carbocycles. The molecule has 0 aliphatic rings. The van der Waals surface area contributed by atoms with E-state index in [1.807, 2.05) is 0 Å². The van der Waals surface area contributed by atoms with Crippen LogP contribution in [0.2, 0.25) is 0 Å². The molecule has 2 rings (SSSR count). The zero-order valence-electron chi connectivity index (χ0n) is 11.1. The highest BCUT2D eigenvalue weighted by molar-refractivity contribution is 9.10.